The molecular weight excluding hydrogens is 360 g/mol. The number of benzene rings is 1. The number of nitrogens with two attached hydrogens (primary N) is 1. The summed E-state index contributed by atoms with van der Waals surface area (Å²) in [5.74, 6) is 1.35. The van der Waals surface area contributed by atoms with Gasteiger partial charge in [-0.3, -0.25) is 4.79 Å². The van der Waals surface area contributed by atoms with Gasteiger partial charge in [-0.2, -0.15) is 0 Å². The molecule has 0 aliphatic heterocycles. The lowest BCUT2D eigenvalue weighted by Gasteiger charge is -2.35. The number of carbonyl (C=O) groups excluding carboxylic acids is 1. The number of methoxy groups -OCH3 is 1. The van der Waals surface area contributed by atoms with E-state index in [2.05, 4.69) is 36.2 Å². The normalized spacial score (nSPS) is 23.3. The highest BCUT2D eigenvalue weighted by molar-refractivity contribution is 5.73. The molecule has 1 saturated carbocycles. The number of ether oxygens (including phenoxy) is 1. The first-order valence-electron chi connectivity index (χ1n) is 10.7. The van der Waals surface area contributed by atoms with Crippen LogP contribution in [0.1, 0.15) is 44.1 Å². The minimum atomic E-state index is -0.221. The van der Waals surface area contributed by atoms with Crippen molar-refractivity contribution in [3.63, 3.8) is 0 Å². The molecule has 1 amide bonds. The number of amides is 1. The van der Waals surface area contributed by atoms with Crippen LogP contribution in [0.25, 0.3) is 0 Å². The predicted octanol–water partition coefficient (Wildman–Crippen LogP) is 4.53. The Morgan fingerprint density at radius 2 is 2.00 bits per heavy atom. The van der Waals surface area contributed by atoms with Crippen LogP contribution in [0.4, 0.5) is 0 Å². The van der Waals surface area contributed by atoms with Crippen LogP contribution in [0, 0.1) is 11.8 Å². The molecule has 1 aliphatic rings. The van der Waals surface area contributed by atoms with Crippen molar-refractivity contribution in [2.75, 3.05) is 14.2 Å². The lowest BCUT2D eigenvalue weighted by Crippen LogP contribution is -2.39. The molecule has 2 rings (SSSR count). The molecule has 29 heavy (non-hydrogen) atoms. The van der Waals surface area contributed by atoms with E-state index < -0.39 is 0 Å². The van der Waals surface area contributed by atoms with E-state index in [9.17, 15) is 4.79 Å². The van der Waals surface area contributed by atoms with E-state index in [1.165, 1.54) is 24.0 Å². The summed E-state index contributed by atoms with van der Waals surface area (Å²) in [4.78, 5) is 11.5. The minimum Gasteiger partial charge on any atom is -0.497 e. The molecule has 1 fully saturated rings. The average Bonchev–Trinajstić information content (AvgIpc) is 2.94. The smallest absolute Gasteiger partial charge is 0.217 e. The molecule has 3 atom stereocenters. The Labute approximate surface area is 175 Å². The first-order valence-corrected chi connectivity index (χ1v) is 10.7. The van der Waals surface area contributed by atoms with Crippen LogP contribution < -0.4 is 11.1 Å². The van der Waals surface area contributed by atoms with Crippen LogP contribution in [0.5, 0.6) is 0 Å². The second-order valence-electron chi connectivity index (χ2n) is 7.82. The second kappa shape index (κ2) is 12.3. The number of hydrogen-bond donors (Lipinski definition) is 2. The van der Waals surface area contributed by atoms with Crippen LogP contribution in [-0.4, -0.2) is 26.1 Å². The van der Waals surface area contributed by atoms with E-state index in [-0.39, 0.29) is 11.8 Å². The van der Waals surface area contributed by atoms with Crippen molar-refractivity contribution in [3.05, 3.63) is 72.0 Å². The second-order valence-corrected chi connectivity index (χ2v) is 7.82. The number of allylic oxidation sites excluding steroid dienone is 3. The fourth-order valence-corrected chi connectivity index (χ4v) is 4.61. The molecule has 3 unspecified atom stereocenters. The van der Waals surface area contributed by atoms with E-state index >= 15 is 0 Å². The van der Waals surface area contributed by atoms with Gasteiger partial charge in [0.05, 0.1) is 7.11 Å². The van der Waals surface area contributed by atoms with Gasteiger partial charge in [-0.15, -0.1) is 0 Å². The zero-order chi connectivity index (χ0) is 21.1. The summed E-state index contributed by atoms with van der Waals surface area (Å²) in [6.45, 7) is 3.80. The molecule has 4 nitrogen and oxygen atoms in total. The summed E-state index contributed by atoms with van der Waals surface area (Å²) in [5, 5.41) is 3.56. The van der Waals surface area contributed by atoms with Crippen LogP contribution in [-0.2, 0) is 16.0 Å². The van der Waals surface area contributed by atoms with Gasteiger partial charge in [-0.1, -0.05) is 61.9 Å². The number of primary amides is 1. The molecule has 1 aliphatic carbocycles. The Kier molecular flexibility index (Phi) is 9.72. The fourth-order valence-electron chi connectivity index (χ4n) is 4.61. The van der Waals surface area contributed by atoms with Crippen LogP contribution in [0.3, 0.4) is 0 Å². The molecule has 1 aromatic carbocycles. The van der Waals surface area contributed by atoms with Gasteiger partial charge >= 0.3 is 0 Å². The highest BCUT2D eigenvalue weighted by atomic mass is 16.5. The summed E-state index contributed by atoms with van der Waals surface area (Å²) in [6.07, 6.45) is 12.4. The third-order valence-electron chi connectivity index (χ3n) is 5.97. The molecule has 0 saturated heterocycles. The zero-order valence-corrected chi connectivity index (χ0v) is 17.9. The maximum absolute atomic E-state index is 11.5. The van der Waals surface area contributed by atoms with Gasteiger partial charge in [0.1, 0.15) is 5.76 Å². The van der Waals surface area contributed by atoms with Gasteiger partial charge < -0.3 is 15.8 Å². The van der Waals surface area contributed by atoms with Gasteiger partial charge in [-0.05, 0) is 55.9 Å². The van der Waals surface area contributed by atoms with Crippen molar-refractivity contribution in [3.8, 4) is 0 Å². The van der Waals surface area contributed by atoms with Crippen LogP contribution >= 0.6 is 0 Å². The van der Waals surface area contributed by atoms with Crippen molar-refractivity contribution in [2.45, 2.75) is 51.0 Å². The Bertz CT molecular complexity index is 709. The number of rotatable bonds is 10. The summed E-state index contributed by atoms with van der Waals surface area (Å²) in [7, 11) is 3.78. The van der Waals surface area contributed by atoms with Crippen LogP contribution in [0.15, 0.2) is 66.5 Å². The number of hydrogen-bond acceptors (Lipinski definition) is 3. The Morgan fingerprint density at radius 1 is 1.28 bits per heavy atom. The Hall–Kier alpha value is -2.33. The van der Waals surface area contributed by atoms with Gasteiger partial charge in [0.25, 0.3) is 0 Å². The van der Waals surface area contributed by atoms with Gasteiger partial charge in [0.15, 0.2) is 0 Å². The average molecular weight is 397 g/mol. The Balaban J connectivity index is 2.53. The molecule has 158 valence electrons. The molecule has 0 aromatic heterocycles. The highest BCUT2D eigenvalue weighted by Crippen LogP contribution is 2.39. The molecule has 0 bridgehead atoms. The topological polar surface area (TPSA) is 64.3 Å². The summed E-state index contributed by atoms with van der Waals surface area (Å²) in [6, 6.07) is 10.9. The van der Waals surface area contributed by atoms with Crippen molar-refractivity contribution in [1.29, 1.82) is 0 Å². The van der Waals surface area contributed by atoms with E-state index in [1.807, 2.05) is 25.3 Å². The molecule has 0 spiro atoms. The predicted molar refractivity (Wildman–Crippen MR) is 120 cm³/mol. The fraction of sp³-hybridized carbons (Fsp3) is 0.480. The summed E-state index contributed by atoms with van der Waals surface area (Å²) < 4.78 is 5.87. The third kappa shape index (κ3) is 6.90. The van der Waals surface area contributed by atoms with Gasteiger partial charge in [0, 0.05) is 18.4 Å². The monoisotopic (exact) mass is 396 g/mol. The summed E-state index contributed by atoms with van der Waals surface area (Å²) in [5.41, 5.74) is 8.04. The summed E-state index contributed by atoms with van der Waals surface area (Å²) >= 11 is 0. The standard InChI is InChI=1S/C25H36N2O2/c1-4-5-15-23(29-3)21(18-19-11-7-6-8-12-19)25-20(16-17-24(26)28)13-9-10-14-22(25)27-2/h4-8,11-12,15,20,22,25,27H,1,9-10,13-14,16-18H2,2-3H3,(H2,26,28)/b15-5-,23-21-. The molecule has 1 aromatic rings. The lowest BCUT2D eigenvalue weighted by atomic mass is 9.74. The van der Waals surface area contributed by atoms with Crippen molar-refractivity contribution < 1.29 is 9.53 Å². The van der Waals surface area contributed by atoms with E-state index in [0.29, 0.717) is 18.4 Å². The van der Waals surface area contributed by atoms with Crippen molar-refractivity contribution in [1.82, 2.24) is 5.32 Å². The maximum Gasteiger partial charge on any atom is 0.217 e. The molecular formula is C25H36N2O2. The first kappa shape index (κ1) is 23.0. The van der Waals surface area contributed by atoms with Crippen molar-refractivity contribution >= 4 is 5.91 Å². The number of nitrogens with one attached hydrogen (secondary N) is 1. The number of carbonyl (C=O) groups is 1. The van der Waals surface area contributed by atoms with E-state index in [4.69, 9.17) is 10.5 Å². The van der Waals surface area contributed by atoms with Crippen molar-refractivity contribution in [2.24, 2.45) is 17.6 Å². The SMILES string of the molecule is C=C/C=C\C(OC)=C(/Cc1ccccc1)C1C(CCC(N)=O)CCCCC1NC. The lowest BCUT2D eigenvalue weighted by molar-refractivity contribution is -0.118. The molecule has 4 heteroatoms. The maximum atomic E-state index is 11.5. The largest absolute Gasteiger partial charge is 0.497 e. The zero-order valence-electron chi connectivity index (χ0n) is 17.9. The van der Waals surface area contributed by atoms with Gasteiger partial charge in [0.2, 0.25) is 5.91 Å². The van der Waals surface area contributed by atoms with Crippen LogP contribution in [0.2, 0.25) is 0 Å². The quantitative estimate of drug-likeness (QED) is 0.347. The van der Waals surface area contributed by atoms with E-state index in [0.717, 1.165) is 31.4 Å². The minimum absolute atomic E-state index is 0.221. The molecule has 3 N–H and O–H groups in total. The van der Waals surface area contributed by atoms with E-state index in [1.54, 1.807) is 13.2 Å². The Morgan fingerprint density at radius 3 is 2.62 bits per heavy atom. The highest BCUT2D eigenvalue weighted by Gasteiger charge is 2.35. The first-order chi connectivity index (χ1) is 14.1. The molecule has 0 radical (unpaired) electrons. The third-order valence-corrected chi connectivity index (χ3v) is 5.97. The van der Waals surface area contributed by atoms with Gasteiger partial charge in [-0.25, -0.2) is 0 Å². The molecule has 0 heterocycles.